The largest absolute Gasteiger partial charge is 0.507 e. The second-order valence-corrected chi connectivity index (χ2v) is 8.42. The number of aryl methyl sites for hydroxylation is 1. The zero-order chi connectivity index (χ0) is 17.9. The molecule has 0 radical (unpaired) electrons. The van der Waals surface area contributed by atoms with Gasteiger partial charge in [0.15, 0.2) is 5.60 Å². The van der Waals surface area contributed by atoms with E-state index < -0.39 is 16.8 Å². The molecular weight excluding hydrogens is 316 g/mol. The standard InChI is InChI=1S/C21H28O4/c1-5-6-7-8-14-11-16(22)18-15-13-20(4)9-10-21(15,25-24-20)19(2,3)23-17(18)12-14/h11-13,22H,5-10H2,1-4H3/t20-,21+/m1/s1. The third-order valence-electron chi connectivity index (χ3n) is 6.05. The maximum absolute atomic E-state index is 10.8. The Morgan fingerprint density at radius 1 is 1.08 bits per heavy atom. The number of benzene rings is 1. The van der Waals surface area contributed by atoms with Crippen LogP contribution in [0.15, 0.2) is 18.2 Å². The van der Waals surface area contributed by atoms with Gasteiger partial charge in [-0.05, 0) is 70.2 Å². The number of aromatic hydroxyl groups is 1. The Morgan fingerprint density at radius 2 is 1.88 bits per heavy atom. The smallest absolute Gasteiger partial charge is 0.168 e. The summed E-state index contributed by atoms with van der Waals surface area (Å²) in [5, 5.41) is 10.8. The van der Waals surface area contributed by atoms with Crippen molar-refractivity contribution in [2.75, 3.05) is 0 Å². The van der Waals surface area contributed by atoms with E-state index in [1.54, 1.807) is 0 Å². The summed E-state index contributed by atoms with van der Waals surface area (Å²) in [5.74, 6) is 1.04. The normalized spacial score (nSPS) is 31.8. The number of phenolic OH excluding ortho intramolecular Hbond substituents is 1. The van der Waals surface area contributed by atoms with Crippen molar-refractivity contribution in [3.05, 3.63) is 29.3 Å². The summed E-state index contributed by atoms with van der Waals surface area (Å²) < 4.78 is 6.36. The number of hydrogen-bond acceptors (Lipinski definition) is 4. The minimum absolute atomic E-state index is 0.282. The Morgan fingerprint density at radius 3 is 2.56 bits per heavy atom. The van der Waals surface area contributed by atoms with Crippen molar-refractivity contribution in [3.63, 3.8) is 0 Å². The first-order chi connectivity index (χ1) is 11.8. The first kappa shape index (κ1) is 16.9. The fraction of sp³-hybridized carbons (Fsp3) is 0.619. The molecule has 136 valence electrons. The molecule has 1 saturated heterocycles. The lowest BCUT2D eigenvalue weighted by molar-refractivity contribution is -0.439. The molecule has 1 spiro atoms. The summed E-state index contributed by atoms with van der Waals surface area (Å²) in [6, 6.07) is 3.97. The van der Waals surface area contributed by atoms with Gasteiger partial charge in [0.2, 0.25) is 0 Å². The van der Waals surface area contributed by atoms with Crippen molar-refractivity contribution < 1.29 is 19.6 Å². The highest BCUT2D eigenvalue weighted by atomic mass is 17.2. The number of rotatable bonds is 4. The summed E-state index contributed by atoms with van der Waals surface area (Å²) >= 11 is 0. The van der Waals surface area contributed by atoms with E-state index >= 15 is 0 Å². The topological polar surface area (TPSA) is 47.9 Å². The lowest BCUT2D eigenvalue weighted by Crippen LogP contribution is -2.64. The van der Waals surface area contributed by atoms with E-state index in [1.807, 2.05) is 26.8 Å². The molecule has 2 bridgehead atoms. The van der Waals surface area contributed by atoms with Crippen molar-refractivity contribution in [1.82, 2.24) is 0 Å². The van der Waals surface area contributed by atoms with Crippen molar-refractivity contribution in [2.45, 2.75) is 83.0 Å². The third-order valence-corrected chi connectivity index (χ3v) is 6.05. The molecule has 3 heterocycles. The molecule has 0 aromatic heterocycles. The molecule has 4 aliphatic rings. The number of ether oxygens (including phenoxy) is 1. The van der Waals surface area contributed by atoms with Crippen LogP contribution in [0.25, 0.3) is 5.57 Å². The lowest BCUT2D eigenvalue weighted by atomic mass is 9.65. The van der Waals surface area contributed by atoms with Crippen molar-refractivity contribution >= 4 is 5.57 Å². The number of hydrogen-bond donors (Lipinski definition) is 1. The third kappa shape index (κ3) is 2.42. The van der Waals surface area contributed by atoms with E-state index in [9.17, 15) is 5.11 Å². The first-order valence-corrected chi connectivity index (χ1v) is 9.46. The molecular formula is C21H28O4. The summed E-state index contributed by atoms with van der Waals surface area (Å²) in [7, 11) is 0. The van der Waals surface area contributed by atoms with Crippen molar-refractivity contribution in [2.24, 2.45) is 0 Å². The summed E-state index contributed by atoms with van der Waals surface area (Å²) in [6.07, 6.45) is 8.29. The van der Waals surface area contributed by atoms with Crippen LogP contribution in [0.3, 0.4) is 0 Å². The second kappa shape index (κ2) is 5.49. The molecule has 1 aromatic carbocycles. The van der Waals surface area contributed by atoms with Gasteiger partial charge in [0.1, 0.15) is 22.7 Å². The predicted octanol–water partition coefficient (Wildman–Crippen LogP) is 4.93. The van der Waals surface area contributed by atoms with Crippen molar-refractivity contribution in [3.8, 4) is 11.5 Å². The van der Waals surface area contributed by atoms with E-state index in [0.29, 0.717) is 0 Å². The molecule has 1 aromatic rings. The molecule has 5 rings (SSSR count). The molecule has 3 aliphatic heterocycles. The van der Waals surface area contributed by atoms with Gasteiger partial charge in [0.25, 0.3) is 0 Å². The Labute approximate surface area is 149 Å². The quantitative estimate of drug-likeness (QED) is 0.621. The summed E-state index contributed by atoms with van der Waals surface area (Å²) in [5.41, 5.74) is 1.24. The van der Waals surface area contributed by atoms with Gasteiger partial charge in [-0.15, -0.1) is 0 Å². The highest BCUT2D eigenvalue weighted by Crippen LogP contribution is 2.60. The Hall–Kier alpha value is -1.52. The van der Waals surface area contributed by atoms with Crippen LogP contribution in [-0.4, -0.2) is 21.9 Å². The molecule has 0 amide bonds. The van der Waals surface area contributed by atoms with E-state index in [2.05, 4.69) is 19.1 Å². The van der Waals surface area contributed by atoms with Crippen LogP contribution in [-0.2, 0) is 16.2 Å². The minimum atomic E-state index is -0.668. The predicted molar refractivity (Wildman–Crippen MR) is 96.6 cm³/mol. The van der Waals surface area contributed by atoms with Crippen molar-refractivity contribution in [1.29, 1.82) is 0 Å². The number of phenols is 1. The van der Waals surface area contributed by atoms with Gasteiger partial charge in [0, 0.05) is 5.57 Å². The van der Waals surface area contributed by atoms with Crippen LogP contribution in [0.5, 0.6) is 11.5 Å². The van der Waals surface area contributed by atoms with E-state index in [-0.39, 0.29) is 5.75 Å². The van der Waals surface area contributed by atoms with E-state index in [1.165, 1.54) is 12.8 Å². The van der Waals surface area contributed by atoms with Crippen LogP contribution >= 0.6 is 0 Å². The zero-order valence-electron chi connectivity index (χ0n) is 15.6. The number of fused-ring (bicyclic) bond motifs is 3. The SMILES string of the molecule is CCCCCc1cc(O)c2c(c1)OC(C)(C)[C@]13CC[C@](C)(C=C21)OO3. The Kier molecular flexibility index (Phi) is 3.71. The minimum Gasteiger partial charge on any atom is -0.507 e. The molecule has 25 heavy (non-hydrogen) atoms. The zero-order valence-corrected chi connectivity index (χ0v) is 15.6. The fourth-order valence-corrected chi connectivity index (χ4v) is 4.46. The maximum atomic E-state index is 10.8. The van der Waals surface area contributed by atoms with Gasteiger partial charge < -0.3 is 9.84 Å². The van der Waals surface area contributed by atoms with Crippen LogP contribution in [0, 0.1) is 0 Å². The monoisotopic (exact) mass is 344 g/mol. The second-order valence-electron chi connectivity index (χ2n) is 8.42. The molecule has 2 atom stereocenters. The Bertz CT molecular complexity index is 724. The van der Waals surface area contributed by atoms with Crippen LogP contribution in [0.4, 0.5) is 0 Å². The average molecular weight is 344 g/mol. The molecule has 4 nitrogen and oxygen atoms in total. The van der Waals surface area contributed by atoms with E-state index in [0.717, 1.165) is 48.1 Å². The fourth-order valence-electron chi connectivity index (χ4n) is 4.46. The summed E-state index contributed by atoms with van der Waals surface area (Å²) in [6.45, 7) is 8.31. The summed E-state index contributed by atoms with van der Waals surface area (Å²) in [4.78, 5) is 11.6. The van der Waals surface area contributed by atoms with Crippen LogP contribution in [0.1, 0.15) is 70.9 Å². The van der Waals surface area contributed by atoms with Gasteiger partial charge in [-0.25, -0.2) is 9.78 Å². The average Bonchev–Trinajstić information content (AvgIpc) is 2.54. The van der Waals surface area contributed by atoms with Gasteiger partial charge in [-0.1, -0.05) is 19.8 Å². The molecule has 1 aliphatic carbocycles. The van der Waals surface area contributed by atoms with Gasteiger partial charge >= 0.3 is 0 Å². The van der Waals surface area contributed by atoms with Gasteiger partial charge in [-0.2, -0.15) is 0 Å². The Balaban J connectivity index is 1.82. The molecule has 0 saturated carbocycles. The molecule has 1 fully saturated rings. The highest BCUT2D eigenvalue weighted by molar-refractivity contribution is 5.85. The van der Waals surface area contributed by atoms with Gasteiger partial charge in [0.05, 0.1) is 5.56 Å². The van der Waals surface area contributed by atoms with Gasteiger partial charge in [-0.3, -0.25) is 0 Å². The first-order valence-electron chi connectivity index (χ1n) is 9.46. The van der Waals surface area contributed by atoms with E-state index in [4.69, 9.17) is 14.5 Å². The number of unbranched alkanes of at least 4 members (excludes halogenated alkanes) is 2. The van der Waals surface area contributed by atoms with Crippen LogP contribution < -0.4 is 4.74 Å². The lowest BCUT2D eigenvalue weighted by Gasteiger charge is -2.57. The maximum Gasteiger partial charge on any atom is 0.168 e. The highest BCUT2D eigenvalue weighted by Gasteiger charge is 2.63. The molecule has 0 unspecified atom stereocenters. The molecule has 1 N–H and O–H groups in total. The molecule has 4 heteroatoms. The van der Waals surface area contributed by atoms with Crippen LogP contribution in [0.2, 0.25) is 0 Å².